The van der Waals surface area contributed by atoms with Crippen LogP contribution in [0, 0.1) is 0 Å². The summed E-state index contributed by atoms with van der Waals surface area (Å²) in [4.78, 5) is 34.5. The highest BCUT2D eigenvalue weighted by atomic mass is 32.2. The van der Waals surface area contributed by atoms with Crippen molar-refractivity contribution < 1.29 is 23.2 Å². The predicted octanol–water partition coefficient (Wildman–Crippen LogP) is 1.19. The van der Waals surface area contributed by atoms with Gasteiger partial charge in [0.2, 0.25) is 5.91 Å². The van der Waals surface area contributed by atoms with Crippen molar-refractivity contribution in [3.05, 3.63) is 24.3 Å². The van der Waals surface area contributed by atoms with Crippen LogP contribution in [-0.4, -0.2) is 36.6 Å². The second kappa shape index (κ2) is 8.98. The van der Waals surface area contributed by atoms with Gasteiger partial charge in [-0.1, -0.05) is 17.8 Å². The van der Waals surface area contributed by atoms with Gasteiger partial charge < -0.3 is 16.0 Å². The Hall–Kier alpha value is -2.16. The number of anilines is 1. The summed E-state index contributed by atoms with van der Waals surface area (Å²) in [7, 11) is 0. The van der Waals surface area contributed by atoms with Gasteiger partial charge in [-0.05, 0) is 25.1 Å². The van der Waals surface area contributed by atoms with E-state index in [4.69, 9.17) is 0 Å². The average Bonchev–Trinajstić information content (AvgIpc) is 2.44. The topological polar surface area (TPSA) is 87.3 Å². The highest BCUT2D eigenvalue weighted by Gasteiger charge is 2.15. The van der Waals surface area contributed by atoms with E-state index in [1.165, 1.54) is 24.3 Å². The van der Waals surface area contributed by atoms with Crippen LogP contribution in [-0.2, 0) is 14.4 Å². The number of halogens is 2. The first-order valence-electron chi connectivity index (χ1n) is 6.33. The molecule has 0 saturated heterocycles. The van der Waals surface area contributed by atoms with E-state index in [1.54, 1.807) is 6.92 Å². The number of hydrogen-bond acceptors (Lipinski definition) is 4. The predicted molar refractivity (Wildman–Crippen MR) is 78.6 cm³/mol. The lowest BCUT2D eigenvalue weighted by molar-refractivity contribution is -0.136. The summed E-state index contributed by atoms with van der Waals surface area (Å²) in [6.45, 7) is 1.81. The fourth-order valence-electron chi connectivity index (χ4n) is 1.44. The molecule has 0 heterocycles. The molecule has 3 N–H and O–H groups in total. The Morgan fingerprint density at radius 3 is 2.55 bits per heavy atom. The van der Waals surface area contributed by atoms with Gasteiger partial charge in [0, 0.05) is 17.1 Å². The zero-order valence-electron chi connectivity index (χ0n) is 11.7. The number of carbonyl (C=O) groups is 3. The van der Waals surface area contributed by atoms with Gasteiger partial charge in [-0.3, -0.25) is 14.4 Å². The summed E-state index contributed by atoms with van der Waals surface area (Å²) in [5.74, 6) is -4.97. The molecule has 0 aliphatic carbocycles. The number of hydrogen-bond donors (Lipinski definition) is 3. The first kappa shape index (κ1) is 17.9. The molecule has 0 fully saturated rings. The number of carbonyl (C=O) groups excluding carboxylic acids is 3. The molecule has 0 spiro atoms. The molecule has 0 aliphatic rings. The van der Waals surface area contributed by atoms with Gasteiger partial charge in [-0.2, -0.15) is 8.78 Å². The van der Waals surface area contributed by atoms with Gasteiger partial charge in [0.1, 0.15) is 0 Å². The van der Waals surface area contributed by atoms with Crippen molar-refractivity contribution >= 4 is 35.2 Å². The average molecular weight is 331 g/mol. The normalized spacial score (nSPS) is 10.2. The van der Waals surface area contributed by atoms with Crippen molar-refractivity contribution in [3.63, 3.8) is 0 Å². The van der Waals surface area contributed by atoms with Gasteiger partial charge in [-0.25, -0.2) is 0 Å². The molecule has 120 valence electrons. The molecule has 0 aromatic heterocycles. The summed E-state index contributed by atoms with van der Waals surface area (Å²) < 4.78 is 24.5. The SMILES string of the molecule is CCNC(=O)CNC(=O)C(=O)Nc1cccc(SC(F)F)c1. The molecule has 22 heavy (non-hydrogen) atoms. The molecule has 1 aromatic carbocycles. The third-order valence-corrected chi connectivity index (χ3v) is 3.01. The molecule has 6 nitrogen and oxygen atoms in total. The van der Waals surface area contributed by atoms with Crippen molar-refractivity contribution in [2.75, 3.05) is 18.4 Å². The van der Waals surface area contributed by atoms with Gasteiger partial charge in [-0.15, -0.1) is 0 Å². The monoisotopic (exact) mass is 331 g/mol. The lowest BCUT2D eigenvalue weighted by Gasteiger charge is -2.08. The van der Waals surface area contributed by atoms with Gasteiger partial charge in [0.15, 0.2) is 0 Å². The van der Waals surface area contributed by atoms with Crippen molar-refractivity contribution in [1.82, 2.24) is 10.6 Å². The van der Waals surface area contributed by atoms with Crippen molar-refractivity contribution in [2.24, 2.45) is 0 Å². The van der Waals surface area contributed by atoms with Crippen molar-refractivity contribution in [2.45, 2.75) is 17.6 Å². The largest absolute Gasteiger partial charge is 0.355 e. The van der Waals surface area contributed by atoms with Gasteiger partial charge >= 0.3 is 11.8 Å². The Balaban J connectivity index is 2.53. The number of benzene rings is 1. The number of rotatable bonds is 6. The van der Waals surface area contributed by atoms with Gasteiger partial charge in [0.25, 0.3) is 5.76 Å². The molecule has 9 heteroatoms. The minimum Gasteiger partial charge on any atom is -0.355 e. The highest BCUT2D eigenvalue weighted by molar-refractivity contribution is 7.99. The number of alkyl halides is 2. The molecule has 1 rings (SSSR count). The van der Waals surface area contributed by atoms with E-state index in [-0.39, 0.29) is 17.1 Å². The van der Waals surface area contributed by atoms with Gasteiger partial charge in [0.05, 0.1) is 6.54 Å². The second-order valence-corrected chi connectivity index (χ2v) is 5.06. The summed E-state index contributed by atoms with van der Waals surface area (Å²) in [6.07, 6.45) is 0. The quantitative estimate of drug-likeness (QED) is 0.540. The van der Waals surface area contributed by atoms with Crippen LogP contribution in [0.4, 0.5) is 14.5 Å². The van der Waals surface area contributed by atoms with Crippen molar-refractivity contribution in [1.29, 1.82) is 0 Å². The van der Waals surface area contributed by atoms with Crippen molar-refractivity contribution in [3.8, 4) is 0 Å². The Morgan fingerprint density at radius 1 is 1.18 bits per heavy atom. The minimum atomic E-state index is -2.58. The number of thioether (sulfide) groups is 1. The maximum absolute atomic E-state index is 12.3. The molecule has 0 aliphatic heterocycles. The van der Waals surface area contributed by atoms with Crippen LogP contribution in [0.3, 0.4) is 0 Å². The Kier molecular flexibility index (Phi) is 7.30. The zero-order valence-corrected chi connectivity index (χ0v) is 12.5. The fraction of sp³-hybridized carbons (Fsp3) is 0.308. The van der Waals surface area contributed by atoms with Crippen LogP contribution in [0.25, 0.3) is 0 Å². The zero-order chi connectivity index (χ0) is 16.5. The van der Waals surface area contributed by atoms with Crippen LogP contribution in [0.5, 0.6) is 0 Å². The van der Waals surface area contributed by atoms with Crippen LogP contribution in [0.1, 0.15) is 6.92 Å². The lowest BCUT2D eigenvalue weighted by Crippen LogP contribution is -2.41. The van der Waals surface area contributed by atoms with E-state index in [0.29, 0.717) is 18.3 Å². The third kappa shape index (κ3) is 6.53. The third-order valence-electron chi connectivity index (χ3n) is 2.31. The molecule has 0 saturated carbocycles. The number of likely N-dealkylation sites (N-methyl/N-ethyl adjacent to an activating group) is 1. The van der Waals surface area contributed by atoms with E-state index in [9.17, 15) is 23.2 Å². The fourth-order valence-corrected chi connectivity index (χ4v) is 2.00. The molecule has 0 radical (unpaired) electrons. The Morgan fingerprint density at radius 2 is 1.91 bits per heavy atom. The van der Waals surface area contributed by atoms with E-state index >= 15 is 0 Å². The van der Waals surface area contributed by atoms with E-state index in [0.717, 1.165) is 0 Å². The van der Waals surface area contributed by atoms with Crippen LogP contribution in [0.2, 0.25) is 0 Å². The molecular formula is C13H15F2N3O3S. The number of amides is 3. The summed E-state index contributed by atoms with van der Waals surface area (Å²) in [6, 6.07) is 5.73. The van der Waals surface area contributed by atoms with Crippen LogP contribution in [0.15, 0.2) is 29.2 Å². The number of nitrogens with one attached hydrogen (secondary N) is 3. The minimum absolute atomic E-state index is 0.212. The molecular weight excluding hydrogens is 316 g/mol. The van der Waals surface area contributed by atoms with Crippen LogP contribution < -0.4 is 16.0 Å². The maximum atomic E-state index is 12.3. The highest BCUT2D eigenvalue weighted by Crippen LogP contribution is 2.27. The first-order valence-corrected chi connectivity index (χ1v) is 7.21. The summed E-state index contributed by atoms with van der Waals surface area (Å²) >= 11 is 0.330. The standard InChI is InChI=1S/C13H15F2N3O3S/c1-2-16-10(19)7-17-11(20)12(21)18-8-4-3-5-9(6-8)22-13(14)15/h3-6,13H,2,7H2,1H3,(H,16,19)(H,17,20)(H,18,21). The Labute approximate surface area is 130 Å². The maximum Gasteiger partial charge on any atom is 0.313 e. The summed E-state index contributed by atoms with van der Waals surface area (Å²) in [5, 5.41) is 6.87. The second-order valence-electron chi connectivity index (χ2n) is 4.00. The van der Waals surface area contributed by atoms with E-state index < -0.39 is 23.5 Å². The smallest absolute Gasteiger partial charge is 0.313 e. The lowest BCUT2D eigenvalue weighted by atomic mass is 10.3. The first-order chi connectivity index (χ1) is 10.4. The molecule has 1 aromatic rings. The summed E-state index contributed by atoms with van der Waals surface area (Å²) in [5.41, 5.74) is 0.212. The van der Waals surface area contributed by atoms with E-state index in [2.05, 4.69) is 16.0 Å². The Bertz CT molecular complexity index is 555. The molecule has 0 bridgehead atoms. The van der Waals surface area contributed by atoms with E-state index in [1.807, 2.05) is 0 Å². The molecule has 3 amide bonds. The molecule has 0 unspecified atom stereocenters. The molecule has 0 atom stereocenters. The van der Waals surface area contributed by atoms with Crippen LogP contribution >= 0.6 is 11.8 Å².